The van der Waals surface area contributed by atoms with Gasteiger partial charge in [0.2, 0.25) is 0 Å². The molecule has 0 aliphatic heterocycles. The fourth-order valence-corrected chi connectivity index (χ4v) is 4.51. The lowest BCUT2D eigenvalue weighted by molar-refractivity contribution is 0.0942. The molecule has 1 atom stereocenters. The molecule has 1 unspecified atom stereocenters. The molecular weight excluding hydrogens is 408 g/mol. The second kappa shape index (κ2) is 9.63. The van der Waals surface area contributed by atoms with Crippen LogP contribution in [0.25, 0.3) is 0 Å². The normalized spacial score (nSPS) is 16.5. The quantitative estimate of drug-likeness (QED) is 0.551. The molecular formula is C26H27ClN2O2. The maximum absolute atomic E-state index is 12.9. The largest absolute Gasteiger partial charge is 0.376 e. The minimum Gasteiger partial charge on any atom is -0.376 e. The molecule has 0 bridgehead atoms. The van der Waals surface area contributed by atoms with Crippen molar-refractivity contribution in [3.63, 3.8) is 0 Å². The van der Waals surface area contributed by atoms with Crippen LogP contribution in [0, 0.1) is 5.92 Å². The summed E-state index contributed by atoms with van der Waals surface area (Å²) in [5, 5.41) is 15.6. The van der Waals surface area contributed by atoms with Crippen molar-refractivity contribution >= 4 is 17.5 Å². The summed E-state index contributed by atoms with van der Waals surface area (Å²) < 4.78 is 0. The summed E-state index contributed by atoms with van der Waals surface area (Å²) in [6.45, 7) is 0.702. The number of nitrogens with zero attached hydrogens (tertiary/aromatic N) is 1. The minimum absolute atomic E-state index is 0.114. The van der Waals surface area contributed by atoms with Crippen molar-refractivity contribution in [2.24, 2.45) is 5.92 Å². The molecule has 31 heavy (non-hydrogen) atoms. The number of aromatic nitrogens is 1. The summed E-state index contributed by atoms with van der Waals surface area (Å²) in [6, 6.07) is 17.9. The van der Waals surface area contributed by atoms with E-state index in [2.05, 4.69) is 10.3 Å². The van der Waals surface area contributed by atoms with Crippen LogP contribution in [0.1, 0.15) is 59.2 Å². The van der Waals surface area contributed by atoms with Gasteiger partial charge in [0, 0.05) is 35.1 Å². The van der Waals surface area contributed by atoms with Crippen LogP contribution in [-0.2, 0) is 5.60 Å². The number of halogens is 1. The number of hydrogen-bond donors (Lipinski definition) is 2. The second-order valence-electron chi connectivity index (χ2n) is 8.25. The summed E-state index contributed by atoms with van der Waals surface area (Å²) in [5.41, 5.74) is 0.956. The van der Waals surface area contributed by atoms with Crippen LogP contribution in [0.2, 0.25) is 5.02 Å². The number of aliphatic hydroxyl groups is 1. The molecule has 5 heteroatoms. The van der Waals surface area contributed by atoms with Gasteiger partial charge < -0.3 is 10.4 Å². The van der Waals surface area contributed by atoms with Gasteiger partial charge in [0.25, 0.3) is 5.91 Å². The van der Waals surface area contributed by atoms with E-state index in [1.54, 1.807) is 54.9 Å². The van der Waals surface area contributed by atoms with Crippen LogP contribution in [0.5, 0.6) is 0 Å². The van der Waals surface area contributed by atoms with E-state index in [9.17, 15) is 9.90 Å². The van der Waals surface area contributed by atoms with Crippen molar-refractivity contribution in [1.29, 1.82) is 0 Å². The van der Waals surface area contributed by atoms with Crippen LogP contribution in [-0.4, -0.2) is 22.5 Å². The number of benzene rings is 2. The number of hydrogen-bond acceptors (Lipinski definition) is 3. The monoisotopic (exact) mass is 434 g/mol. The van der Waals surface area contributed by atoms with E-state index < -0.39 is 5.60 Å². The fourth-order valence-electron chi connectivity index (χ4n) is 4.38. The number of carbonyl (C=O) groups is 1. The topological polar surface area (TPSA) is 62.2 Å². The van der Waals surface area contributed by atoms with Crippen molar-refractivity contribution in [3.8, 4) is 0 Å². The molecule has 4 rings (SSSR count). The Bertz CT molecular complexity index is 1020. The van der Waals surface area contributed by atoms with E-state index in [4.69, 9.17) is 11.6 Å². The molecule has 1 amide bonds. The Morgan fingerprint density at radius 1 is 1.00 bits per heavy atom. The molecule has 1 fully saturated rings. The Kier molecular flexibility index (Phi) is 6.69. The lowest BCUT2D eigenvalue weighted by atomic mass is 9.80. The number of pyridine rings is 1. The van der Waals surface area contributed by atoms with Crippen molar-refractivity contribution in [2.75, 3.05) is 6.54 Å². The van der Waals surface area contributed by atoms with Gasteiger partial charge in [-0.15, -0.1) is 0 Å². The zero-order chi connectivity index (χ0) is 21.7. The number of amides is 1. The SMILES string of the molecule is O=C(NCC1CCCCC1)c1cccc(C(O)(c2ccc(Cl)cc2)c2cccnc2)c1. The van der Waals surface area contributed by atoms with Gasteiger partial charge in [-0.25, -0.2) is 0 Å². The fraction of sp³-hybridized carbons (Fsp3) is 0.308. The van der Waals surface area contributed by atoms with Crippen molar-refractivity contribution in [2.45, 2.75) is 37.7 Å². The molecule has 0 spiro atoms. The van der Waals surface area contributed by atoms with E-state index in [-0.39, 0.29) is 5.91 Å². The molecule has 2 aromatic carbocycles. The predicted molar refractivity (Wildman–Crippen MR) is 123 cm³/mol. The summed E-state index contributed by atoms with van der Waals surface area (Å²) in [7, 11) is 0. The van der Waals surface area contributed by atoms with Gasteiger partial charge in [0.15, 0.2) is 0 Å². The van der Waals surface area contributed by atoms with Crippen LogP contribution in [0.15, 0.2) is 73.1 Å². The molecule has 160 valence electrons. The van der Waals surface area contributed by atoms with Crippen molar-refractivity contribution < 1.29 is 9.90 Å². The number of rotatable bonds is 6. The van der Waals surface area contributed by atoms with Gasteiger partial charge in [0.05, 0.1) is 0 Å². The molecule has 1 aromatic heterocycles. The highest BCUT2D eigenvalue weighted by molar-refractivity contribution is 6.30. The molecule has 1 aliphatic rings. The Morgan fingerprint density at radius 2 is 1.74 bits per heavy atom. The van der Waals surface area contributed by atoms with Gasteiger partial charge in [-0.05, 0) is 60.2 Å². The maximum Gasteiger partial charge on any atom is 0.251 e. The minimum atomic E-state index is -1.46. The van der Waals surface area contributed by atoms with Crippen LogP contribution in [0.4, 0.5) is 0 Å². The number of nitrogens with one attached hydrogen (secondary N) is 1. The van der Waals surface area contributed by atoms with Crippen molar-refractivity contribution in [3.05, 3.63) is 100 Å². The van der Waals surface area contributed by atoms with E-state index in [1.165, 1.54) is 32.1 Å². The third kappa shape index (κ3) is 4.81. The Hall–Kier alpha value is -2.69. The summed E-state index contributed by atoms with van der Waals surface area (Å²) in [6.07, 6.45) is 9.45. The molecule has 0 radical (unpaired) electrons. The highest BCUT2D eigenvalue weighted by atomic mass is 35.5. The van der Waals surface area contributed by atoms with Crippen LogP contribution < -0.4 is 5.32 Å². The molecule has 1 heterocycles. The van der Waals surface area contributed by atoms with Gasteiger partial charge in [-0.3, -0.25) is 9.78 Å². The average Bonchev–Trinajstić information content (AvgIpc) is 2.84. The first kappa shape index (κ1) is 21.5. The van der Waals surface area contributed by atoms with Crippen LogP contribution in [0.3, 0.4) is 0 Å². The zero-order valence-corrected chi connectivity index (χ0v) is 18.2. The number of carbonyl (C=O) groups excluding carboxylic acids is 1. The third-order valence-electron chi connectivity index (χ3n) is 6.16. The summed E-state index contributed by atoms with van der Waals surface area (Å²) in [5.74, 6) is 0.444. The highest BCUT2D eigenvalue weighted by Crippen LogP contribution is 2.37. The predicted octanol–water partition coefficient (Wildman–Crippen LogP) is 5.33. The molecule has 4 nitrogen and oxygen atoms in total. The van der Waals surface area contributed by atoms with Gasteiger partial charge in [-0.2, -0.15) is 0 Å². The molecule has 3 aromatic rings. The van der Waals surface area contributed by atoms with E-state index >= 15 is 0 Å². The summed E-state index contributed by atoms with van der Waals surface area (Å²) >= 11 is 6.07. The third-order valence-corrected chi connectivity index (χ3v) is 6.41. The maximum atomic E-state index is 12.9. The lowest BCUT2D eigenvalue weighted by Gasteiger charge is -2.30. The first-order valence-electron chi connectivity index (χ1n) is 10.8. The van der Waals surface area contributed by atoms with E-state index in [1.807, 2.05) is 18.2 Å². The first-order chi connectivity index (χ1) is 15.1. The molecule has 0 saturated heterocycles. The smallest absolute Gasteiger partial charge is 0.251 e. The molecule has 1 saturated carbocycles. The Labute approximate surface area is 188 Å². The van der Waals surface area contributed by atoms with Crippen molar-refractivity contribution in [1.82, 2.24) is 10.3 Å². The molecule has 2 N–H and O–H groups in total. The van der Waals surface area contributed by atoms with Gasteiger partial charge >= 0.3 is 0 Å². The summed E-state index contributed by atoms with van der Waals surface area (Å²) in [4.78, 5) is 17.1. The Balaban J connectivity index is 1.65. The Morgan fingerprint density at radius 3 is 2.45 bits per heavy atom. The van der Waals surface area contributed by atoms with E-state index in [0.717, 1.165) is 0 Å². The first-order valence-corrected chi connectivity index (χ1v) is 11.2. The van der Waals surface area contributed by atoms with Gasteiger partial charge in [0.1, 0.15) is 5.60 Å². The second-order valence-corrected chi connectivity index (χ2v) is 8.69. The van der Waals surface area contributed by atoms with Gasteiger partial charge in [-0.1, -0.05) is 61.2 Å². The lowest BCUT2D eigenvalue weighted by Crippen LogP contribution is -2.32. The average molecular weight is 435 g/mol. The highest BCUT2D eigenvalue weighted by Gasteiger charge is 2.34. The standard InChI is InChI=1S/C26H27ClN2O2/c27-24-13-11-21(12-14-24)26(31,23-10-5-15-28-18-23)22-9-4-8-20(16-22)25(30)29-17-19-6-2-1-3-7-19/h4-5,8-16,18-19,31H,1-3,6-7,17H2,(H,29,30). The van der Waals surface area contributed by atoms with E-state index in [0.29, 0.717) is 39.7 Å². The molecule has 1 aliphatic carbocycles. The van der Waals surface area contributed by atoms with Crippen LogP contribution >= 0.6 is 11.6 Å². The zero-order valence-electron chi connectivity index (χ0n) is 17.4.